The van der Waals surface area contributed by atoms with Gasteiger partial charge in [-0.05, 0) is 36.8 Å². The van der Waals surface area contributed by atoms with Crippen molar-refractivity contribution in [3.63, 3.8) is 0 Å². The van der Waals surface area contributed by atoms with Gasteiger partial charge in [0.05, 0.1) is 11.3 Å². The van der Waals surface area contributed by atoms with Gasteiger partial charge in [0, 0.05) is 11.9 Å². The number of benzene rings is 1. The van der Waals surface area contributed by atoms with E-state index in [9.17, 15) is 4.79 Å². The first-order chi connectivity index (χ1) is 12.4. The van der Waals surface area contributed by atoms with Crippen molar-refractivity contribution in [2.24, 2.45) is 10.2 Å². The predicted molar refractivity (Wildman–Crippen MR) is 111 cm³/mol. The predicted octanol–water partition coefficient (Wildman–Crippen LogP) is 6.56. The van der Waals surface area contributed by atoms with Gasteiger partial charge in [-0.1, -0.05) is 63.8 Å². The van der Waals surface area contributed by atoms with Crippen LogP contribution in [0.4, 0.5) is 5.69 Å². The maximum Gasteiger partial charge on any atom is 0.339 e. The summed E-state index contributed by atoms with van der Waals surface area (Å²) in [7, 11) is 5.00. The molecule has 1 heterocycles. The lowest BCUT2D eigenvalue weighted by molar-refractivity contribution is -0.132. The molecular weight excluding hydrogens is 388 g/mol. The SMILES string of the molecule is C=C/C=C(O)\C(=C/C)C(=O)O.CN=Nc1ccc(-c2cc(=S)ss2)cc1. The summed E-state index contributed by atoms with van der Waals surface area (Å²) in [6, 6.07) is 10.0. The number of carboxylic acids is 1. The number of hydrogen-bond donors (Lipinski definition) is 2. The smallest absolute Gasteiger partial charge is 0.339 e. The molecule has 0 aliphatic rings. The summed E-state index contributed by atoms with van der Waals surface area (Å²) in [5.41, 5.74) is 1.94. The molecule has 0 fully saturated rings. The normalized spacial score (nSPS) is 11.8. The van der Waals surface area contributed by atoms with Crippen molar-refractivity contribution in [3.8, 4) is 10.4 Å². The minimum absolute atomic E-state index is 0.120. The van der Waals surface area contributed by atoms with Crippen molar-refractivity contribution in [3.05, 3.63) is 70.3 Å². The fourth-order valence-electron chi connectivity index (χ4n) is 1.76. The van der Waals surface area contributed by atoms with E-state index in [4.69, 9.17) is 22.4 Å². The van der Waals surface area contributed by atoms with E-state index < -0.39 is 5.97 Å². The third-order valence-electron chi connectivity index (χ3n) is 2.90. The van der Waals surface area contributed by atoms with E-state index >= 15 is 0 Å². The third kappa shape index (κ3) is 6.83. The average Bonchev–Trinajstić information content (AvgIpc) is 3.03. The maximum atomic E-state index is 10.3. The Labute approximate surface area is 164 Å². The number of aliphatic carboxylic acids is 1. The topological polar surface area (TPSA) is 82.2 Å². The van der Waals surface area contributed by atoms with E-state index in [1.54, 1.807) is 27.7 Å². The van der Waals surface area contributed by atoms with Gasteiger partial charge in [0.1, 0.15) is 9.58 Å². The molecule has 2 rings (SSSR count). The molecule has 0 unspecified atom stereocenters. The van der Waals surface area contributed by atoms with E-state index in [-0.39, 0.29) is 11.3 Å². The Balaban J connectivity index is 0.000000276. The van der Waals surface area contributed by atoms with Crippen LogP contribution in [0, 0.1) is 3.82 Å². The molecule has 0 radical (unpaired) electrons. The number of hydrogen-bond acceptors (Lipinski definition) is 7. The molecule has 0 amide bonds. The van der Waals surface area contributed by atoms with Crippen LogP contribution in [0.15, 0.2) is 76.7 Å². The number of allylic oxidation sites excluding steroid dienone is 3. The Bertz CT molecular complexity index is 891. The molecule has 0 saturated carbocycles. The molecule has 0 aliphatic heterocycles. The van der Waals surface area contributed by atoms with Crippen LogP contribution in [0.1, 0.15) is 6.92 Å². The molecule has 0 bridgehead atoms. The lowest BCUT2D eigenvalue weighted by Crippen LogP contribution is -2.02. The fraction of sp³-hybridized carbons (Fsp3) is 0.111. The molecule has 0 aliphatic carbocycles. The summed E-state index contributed by atoms with van der Waals surface area (Å²) in [4.78, 5) is 11.6. The maximum absolute atomic E-state index is 10.3. The van der Waals surface area contributed by atoms with Gasteiger partial charge in [0.2, 0.25) is 0 Å². The third-order valence-corrected chi connectivity index (χ3v) is 5.81. The molecule has 1 aromatic carbocycles. The standard InChI is InChI=1S/C10H8N2S3.C8H10O3/c1-11-12-8-4-2-7(3-5-8)9-6-10(13)15-14-9;1-3-5-7(9)6(4-2)8(10)11/h2-6H,1H3;3-5,9H,1H2,2H3,(H,10,11)/b;6-4+,7-5+. The lowest BCUT2D eigenvalue weighted by atomic mass is 10.2. The second-order valence-electron chi connectivity index (χ2n) is 4.64. The van der Waals surface area contributed by atoms with E-state index in [2.05, 4.69) is 16.8 Å². The van der Waals surface area contributed by atoms with Crippen molar-refractivity contribution in [1.82, 2.24) is 0 Å². The lowest BCUT2D eigenvalue weighted by Gasteiger charge is -1.97. The number of rotatable bonds is 5. The Morgan fingerprint density at radius 3 is 2.31 bits per heavy atom. The van der Waals surface area contributed by atoms with Gasteiger partial charge in [0.25, 0.3) is 0 Å². The number of carboxylic acid groups (broad SMARTS) is 1. The quantitative estimate of drug-likeness (QED) is 0.147. The zero-order valence-corrected chi connectivity index (χ0v) is 16.7. The molecule has 0 spiro atoms. The molecule has 0 saturated heterocycles. The van der Waals surface area contributed by atoms with Crippen LogP contribution in [-0.4, -0.2) is 23.2 Å². The van der Waals surface area contributed by atoms with E-state index in [1.807, 2.05) is 30.3 Å². The number of aliphatic hydroxyl groups is 1. The highest BCUT2D eigenvalue weighted by molar-refractivity contribution is 7.80. The molecule has 2 aromatic rings. The summed E-state index contributed by atoms with van der Waals surface area (Å²) in [6.07, 6.45) is 3.86. The highest BCUT2D eigenvalue weighted by Gasteiger charge is 2.08. The van der Waals surface area contributed by atoms with Gasteiger partial charge in [-0.25, -0.2) is 4.79 Å². The van der Waals surface area contributed by atoms with Crippen LogP contribution in [0.2, 0.25) is 0 Å². The van der Waals surface area contributed by atoms with E-state index in [0.717, 1.165) is 9.51 Å². The number of aliphatic hydroxyl groups excluding tert-OH is 1. The van der Waals surface area contributed by atoms with Gasteiger partial charge in [0.15, 0.2) is 0 Å². The Morgan fingerprint density at radius 2 is 1.88 bits per heavy atom. The minimum atomic E-state index is -1.15. The Morgan fingerprint density at radius 1 is 1.23 bits per heavy atom. The van der Waals surface area contributed by atoms with E-state index in [0.29, 0.717) is 0 Å². The largest absolute Gasteiger partial charge is 0.507 e. The van der Waals surface area contributed by atoms with Crippen molar-refractivity contribution in [2.75, 3.05) is 7.05 Å². The van der Waals surface area contributed by atoms with Crippen LogP contribution >= 0.6 is 32.9 Å². The average molecular weight is 407 g/mol. The molecule has 136 valence electrons. The van der Waals surface area contributed by atoms with Gasteiger partial charge >= 0.3 is 5.97 Å². The first-order valence-corrected chi connectivity index (χ1v) is 9.90. The van der Waals surface area contributed by atoms with Crippen molar-refractivity contribution >= 4 is 44.6 Å². The highest BCUT2D eigenvalue weighted by atomic mass is 32.9. The van der Waals surface area contributed by atoms with Crippen LogP contribution in [0.3, 0.4) is 0 Å². The molecule has 8 heteroatoms. The Hall–Kier alpha value is -2.42. The highest BCUT2D eigenvalue weighted by Crippen LogP contribution is 2.30. The molecular formula is C18H18N2O3S3. The molecule has 1 aromatic heterocycles. The minimum Gasteiger partial charge on any atom is -0.507 e. The van der Waals surface area contributed by atoms with Crippen LogP contribution < -0.4 is 0 Å². The van der Waals surface area contributed by atoms with E-state index in [1.165, 1.54) is 35.6 Å². The molecule has 2 N–H and O–H groups in total. The van der Waals surface area contributed by atoms with Crippen molar-refractivity contribution in [1.29, 1.82) is 0 Å². The molecule has 0 atom stereocenters. The van der Waals surface area contributed by atoms with Gasteiger partial charge in [-0.2, -0.15) is 10.2 Å². The monoisotopic (exact) mass is 406 g/mol. The first-order valence-electron chi connectivity index (χ1n) is 7.35. The zero-order chi connectivity index (χ0) is 19.5. The fourth-order valence-corrected chi connectivity index (χ4v) is 4.17. The van der Waals surface area contributed by atoms with Crippen molar-refractivity contribution in [2.45, 2.75) is 6.92 Å². The van der Waals surface area contributed by atoms with Crippen molar-refractivity contribution < 1.29 is 15.0 Å². The van der Waals surface area contributed by atoms with Gasteiger partial charge in [-0.3, -0.25) is 0 Å². The first kappa shape index (κ1) is 21.6. The Kier molecular flexibility index (Phi) is 9.35. The van der Waals surface area contributed by atoms with Gasteiger partial charge < -0.3 is 10.2 Å². The van der Waals surface area contributed by atoms with Crippen LogP contribution in [-0.2, 0) is 4.79 Å². The van der Waals surface area contributed by atoms with Crippen LogP contribution in [0.25, 0.3) is 10.4 Å². The second-order valence-corrected chi connectivity index (χ2v) is 7.55. The number of carbonyl (C=O) groups is 1. The molecule has 26 heavy (non-hydrogen) atoms. The summed E-state index contributed by atoms with van der Waals surface area (Å²) in [6.45, 7) is 4.86. The zero-order valence-electron chi connectivity index (χ0n) is 14.2. The van der Waals surface area contributed by atoms with Gasteiger partial charge in [-0.15, -0.1) is 0 Å². The number of azo groups is 1. The summed E-state index contributed by atoms with van der Waals surface area (Å²) in [5.74, 6) is -1.43. The number of nitrogens with zero attached hydrogens (tertiary/aromatic N) is 2. The summed E-state index contributed by atoms with van der Waals surface area (Å²) in [5, 5.41) is 25.2. The summed E-state index contributed by atoms with van der Waals surface area (Å²) >= 11 is 5.10. The summed E-state index contributed by atoms with van der Waals surface area (Å²) < 4.78 is 0.937. The van der Waals surface area contributed by atoms with Crippen LogP contribution in [0.5, 0.6) is 0 Å². The molecule has 5 nitrogen and oxygen atoms in total. The second kappa shape index (κ2) is 11.2.